The molecule has 0 heterocycles. The molecule has 1 aromatic carbocycles. The standard InChI is InChI=1S/C16H22/c1-13(2)5-7-15-9-11-16(12-10-15)8-6-14(3)4/h5-14H,1-4H3/b7-5+,8-6+. The molecule has 0 saturated heterocycles. The van der Waals surface area contributed by atoms with Crippen molar-refractivity contribution in [3.63, 3.8) is 0 Å². The van der Waals surface area contributed by atoms with Gasteiger partial charge in [-0.15, -0.1) is 0 Å². The average molecular weight is 214 g/mol. The first kappa shape index (κ1) is 12.8. The maximum Gasteiger partial charge on any atom is -0.0259 e. The van der Waals surface area contributed by atoms with Gasteiger partial charge >= 0.3 is 0 Å². The molecule has 0 atom stereocenters. The average Bonchev–Trinajstić information content (AvgIpc) is 2.25. The second-order valence-corrected chi connectivity index (χ2v) is 4.87. The lowest BCUT2D eigenvalue weighted by Gasteiger charge is -1.98. The lowest BCUT2D eigenvalue weighted by atomic mass is 10.1. The van der Waals surface area contributed by atoms with E-state index in [9.17, 15) is 0 Å². The highest BCUT2D eigenvalue weighted by molar-refractivity contribution is 5.55. The van der Waals surface area contributed by atoms with Gasteiger partial charge in [-0.3, -0.25) is 0 Å². The number of allylic oxidation sites excluding steroid dienone is 2. The van der Waals surface area contributed by atoms with Crippen molar-refractivity contribution in [1.29, 1.82) is 0 Å². The summed E-state index contributed by atoms with van der Waals surface area (Å²) in [7, 11) is 0. The summed E-state index contributed by atoms with van der Waals surface area (Å²) >= 11 is 0. The molecular formula is C16H22. The van der Waals surface area contributed by atoms with Crippen molar-refractivity contribution in [1.82, 2.24) is 0 Å². The van der Waals surface area contributed by atoms with Crippen LogP contribution in [0.1, 0.15) is 38.8 Å². The van der Waals surface area contributed by atoms with Crippen LogP contribution in [-0.4, -0.2) is 0 Å². The minimum Gasteiger partial charge on any atom is -0.0814 e. The predicted octanol–water partition coefficient (Wildman–Crippen LogP) is 5.03. The molecule has 0 amide bonds. The summed E-state index contributed by atoms with van der Waals surface area (Å²) in [5.41, 5.74) is 2.55. The van der Waals surface area contributed by atoms with E-state index < -0.39 is 0 Å². The summed E-state index contributed by atoms with van der Waals surface area (Å²) < 4.78 is 0. The Morgan fingerprint density at radius 3 is 1.25 bits per heavy atom. The second kappa shape index (κ2) is 6.32. The normalized spacial score (nSPS) is 12.4. The fourth-order valence-corrected chi connectivity index (χ4v) is 1.33. The Bertz CT molecular complexity index is 313. The smallest absolute Gasteiger partial charge is 0.0259 e. The van der Waals surface area contributed by atoms with E-state index in [-0.39, 0.29) is 0 Å². The van der Waals surface area contributed by atoms with Crippen molar-refractivity contribution >= 4 is 12.2 Å². The third-order valence-electron chi connectivity index (χ3n) is 2.28. The van der Waals surface area contributed by atoms with Gasteiger partial charge in [0.05, 0.1) is 0 Å². The third-order valence-corrected chi connectivity index (χ3v) is 2.28. The molecule has 0 unspecified atom stereocenters. The van der Waals surface area contributed by atoms with Crippen molar-refractivity contribution < 1.29 is 0 Å². The summed E-state index contributed by atoms with van der Waals surface area (Å²) in [6, 6.07) is 8.66. The molecule has 0 aliphatic heterocycles. The summed E-state index contributed by atoms with van der Waals surface area (Å²) in [6.45, 7) is 8.76. The minimum atomic E-state index is 0.612. The largest absolute Gasteiger partial charge is 0.0814 e. The van der Waals surface area contributed by atoms with Crippen molar-refractivity contribution in [2.45, 2.75) is 27.7 Å². The molecule has 0 spiro atoms. The van der Waals surface area contributed by atoms with Crippen LogP contribution < -0.4 is 0 Å². The molecule has 0 radical (unpaired) electrons. The van der Waals surface area contributed by atoms with E-state index in [4.69, 9.17) is 0 Å². The Labute approximate surface area is 99.7 Å². The third kappa shape index (κ3) is 4.97. The monoisotopic (exact) mass is 214 g/mol. The Morgan fingerprint density at radius 1 is 0.688 bits per heavy atom. The van der Waals surface area contributed by atoms with Crippen LogP contribution in [0.4, 0.5) is 0 Å². The summed E-state index contributed by atoms with van der Waals surface area (Å²) in [6.07, 6.45) is 8.80. The fraction of sp³-hybridized carbons (Fsp3) is 0.375. The Balaban J connectivity index is 2.68. The van der Waals surface area contributed by atoms with Gasteiger partial charge in [0.1, 0.15) is 0 Å². The molecule has 0 aromatic heterocycles. The zero-order valence-electron chi connectivity index (χ0n) is 10.8. The lowest BCUT2D eigenvalue weighted by molar-refractivity contribution is 0.836. The molecule has 16 heavy (non-hydrogen) atoms. The molecule has 1 aromatic rings. The van der Waals surface area contributed by atoms with E-state index in [2.05, 4.69) is 76.3 Å². The van der Waals surface area contributed by atoms with Gasteiger partial charge in [0, 0.05) is 0 Å². The zero-order valence-corrected chi connectivity index (χ0v) is 10.8. The predicted molar refractivity (Wildman–Crippen MR) is 74.2 cm³/mol. The van der Waals surface area contributed by atoms with Crippen molar-refractivity contribution in [3.05, 3.63) is 47.5 Å². The molecule has 86 valence electrons. The Morgan fingerprint density at radius 2 is 1.00 bits per heavy atom. The molecule has 0 N–H and O–H groups in total. The number of hydrogen-bond donors (Lipinski definition) is 0. The van der Waals surface area contributed by atoms with Gasteiger partial charge in [-0.2, -0.15) is 0 Å². The first-order valence-corrected chi connectivity index (χ1v) is 6.04. The van der Waals surface area contributed by atoms with E-state index in [0.29, 0.717) is 11.8 Å². The van der Waals surface area contributed by atoms with E-state index >= 15 is 0 Å². The maximum atomic E-state index is 2.22. The fourth-order valence-electron chi connectivity index (χ4n) is 1.33. The van der Waals surface area contributed by atoms with E-state index in [1.807, 2.05) is 0 Å². The van der Waals surface area contributed by atoms with Crippen LogP contribution in [-0.2, 0) is 0 Å². The Kier molecular flexibility index (Phi) is 5.04. The lowest BCUT2D eigenvalue weighted by Crippen LogP contribution is -1.80. The van der Waals surface area contributed by atoms with E-state index in [0.717, 1.165) is 0 Å². The van der Waals surface area contributed by atoms with Crippen LogP contribution in [0.15, 0.2) is 36.4 Å². The van der Waals surface area contributed by atoms with Crippen molar-refractivity contribution in [2.75, 3.05) is 0 Å². The molecule has 1 rings (SSSR count). The van der Waals surface area contributed by atoms with E-state index in [1.54, 1.807) is 0 Å². The van der Waals surface area contributed by atoms with Gasteiger partial charge in [0.15, 0.2) is 0 Å². The molecular weight excluding hydrogens is 192 g/mol. The summed E-state index contributed by atoms with van der Waals surface area (Å²) in [4.78, 5) is 0. The highest BCUT2D eigenvalue weighted by Crippen LogP contribution is 2.10. The van der Waals surface area contributed by atoms with Crippen LogP contribution >= 0.6 is 0 Å². The summed E-state index contributed by atoms with van der Waals surface area (Å²) in [5, 5.41) is 0. The number of hydrogen-bond acceptors (Lipinski definition) is 0. The van der Waals surface area contributed by atoms with Gasteiger partial charge < -0.3 is 0 Å². The number of benzene rings is 1. The first-order chi connectivity index (χ1) is 7.58. The highest BCUT2D eigenvalue weighted by atomic mass is 14.0. The van der Waals surface area contributed by atoms with Gasteiger partial charge in [-0.1, -0.05) is 76.3 Å². The van der Waals surface area contributed by atoms with Gasteiger partial charge in [-0.05, 0) is 23.0 Å². The topological polar surface area (TPSA) is 0 Å². The molecule has 0 bridgehead atoms. The highest BCUT2D eigenvalue weighted by Gasteiger charge is 1.90. The Hall–Kier alpha value is -1.30. The van der Waals surface area contributed by atoms with Crippen molar-refractivity contribution in [3.8, 4) is 0 Å². The molecule has 0 nitrogen and oxygen atoms in total. The minimum absolute atomic E-state index is 0.612. The molecule has 0 aliphatic carbocycles. The maximum absolute atomic E-state index is 2.22. The van der Waals surface area contributed by atoms with Crippen LogP contribution in [0.25, 0.3) is 12.2 Å². The summed E-state index contributed by atoms with van der Waals surface area (Å²) in [5.74, 6) is 1.22. The van der Waals surface area contributed by atoms with Gasteiger partial charge in [0.25, 0.3) is 0 Å². The van der Waals surface area contributed by atoms with Crippen LogP contribution in [0.5, 0.6) is 0 Å². The molecule has 0 heteroatoms. The van der Waals surface area contributed by atoms with Gasteiger partial charge in [-0.25, -0.2) is 0 Å². The second-order valence-electron chi connectivity index (χ2n) is 4.87. The first-order valence-electron chi connectivity index (χ1n) is 6.04. The van der Waals surface area contributed by atoms with E-state index in [1.165, 1.54) is 11.1 Å². The number of rotatable bonds is 4. The van der Waals surface area contributed by atoms with Crippen LogP contribution in [0.2, 0.25) is 0 Å². The molecule has 0 fully saturated rings. The van der Waals surface area contributed by atoms with Crippen LogP contribution in [0.3, 0.4) is 0 Å². The zero-order chi connectivity index (χ0) is 12.0. The molecule has 0 aliphatic rings. The molecule has 0 saturated carbocycles. The van der Waals surface area contributed by atoms with Crippen LogP contribution in [0, 0.1) is 11.8 Å². The van der Waals surface area contributed by atoms with Crippen molar-refractivity contribution in [2.24, 2.45) is 11.8 Å². The van der Waals surface area contributed by atoms with Gasteiger partial charge in [0.2, 0.25) is 0 Å². The SMILES string of the molecule is CC(C)/C=C/c1ccc(/C=C/C(C)C)cc1. The quantitative estimate of drug-likeness (QED) is 0.659.